The van der Waals surface area contributed by atoms with E-state index in [1.54, 1.807) is 0 Å². The largest absolute Gasteiger partial charge is 0.316 e. The van der Waals surface area contributed by atoms with Gasteiger partial charge in [0, 0.05) is 6.54 Å². The summed E-state index contributed by atoms with van der Waals surface area (Å²) in [5.74, 6) is 3.63. The average Bonchev–Trinajstić information content (AvgIpc) is 2.40. The maximum absolute atomic E-state index is 4.04. The molecule has 0 radical (unpaired) electrons. The highest BCUT2D eigenvalue weighted by Gasteiger charge is 2.15. The molecule has 2 heteroatoms. The second-order valence-corrected chi connectivity index (χ2v) is 4.36. The Labute approximate surface area is 73.6 Å². The van der Waals surface area contributed by atoms with Crippen molar-refractivity contribution in [2.45, 2.75) is 12.8 Å². The lowest BCUT2D eigenvalue weighted by molar-refractivity contribution is 0.582. The van der Waals surface area contributed by atoms with Gasteiger partial charge < -0.3 is 5.32 Å². The molecule has 1 rings (SSSR count). The lowest BCUT2D eigenvalue weighted by atomic mass is 10.00. The van der Waals surface area contributed by atoms with Crippen molar-refractivity contribution in [3.8, 4) is 0 Å². The van der Waals surface area contributed by atoms with Gasteiger partial charge in [0.25, 0.3) is 0 Å². The highest BCUT2D eigenvalue weighted by molar-refractivity contribution is 7.99. The van der Waals surface area contributed by atoms with E-state index in [4.69, 9.17) is 0 Å². The van der Waals surface area contributed by atoms with E-state index >= 15 is 0 Å². The predicted octanol–water partition coefficient (Wildman–Crippen LogP) is 1.91. The molecule has 0 saturated carbocycles. The smallest absolute Gasteiger partial charge is 0.0159 e. The standard InChI is InChI=1S/C9H17NS/c1-8(6-10-2)5-9-3-4-11-7-9/h9-10H,1,3-7H2,2H3. The van der Waals surface area contributed by atoms with Gasteiger partial charge in [0.05, 0.1) is 0 Å². The van der Waals surface area contributed by atoms with Crippen LogP contribution in [0.4, 0.5) is 0 Å². The summed E-state index contributed by atoms with van der Waals surface area (Å²) in [4.78, 5) is 0. The molecule has 0 spiro atoms. The van der Waals surface area contributed by atoms with Gasteiger partial charge in [-0.05, 0) is 37.3 Å². The number of likely N-dealkylation sites (N-methyl/N-ethyl adjacent to an activating group) is 1. The van der Waals surface area contributed by atoms with Gasteiger partial charge in [-0.2, -0.15) is 11.8 Å². The summed E-state index contributed by atoms with van der Waals surface area (Å²) >= 11 is 2.08. The third kappa shape index (κ3) is 3.30. The van der Waals surface area contributed by atoms with E-state index in [2.05, 4.69) is 23.7 Å². The second kappa shape index (κ2) is 4.83. The maximum Gasteiger partial charge on any atom is 0.0159 e. The molecule has 0 bridgehead atoms. The number of hydrogen-bond acceptors (Lipinski definition) is 2. The van der Waals surface area contributed by atoms with Gasteiger partial charge in [0.1, 0.15) is 0 Å². The van der Waals surface area contributed by atoms with Crippen LogP contribution >= 0.6 is 11.8 Å². The summed E-state index contributed by atoms with van der Waals surface area (Å²) in [6.07, 6.45) is 2.63. The molecule has 1 nitrogen and oxygen atoms in total. The van der Waals surface area contributed by atoms with Crippen LogP contribution < -0.4 is 5.32 Å². The minimum Gasteiger partial charge on any atom is -0.316 e. The summed E-state index contributed by atoms with van der Waals surface area (Å²) in [7, 11) is 1.98. The van der Waals surface area contributed by atoms with Crippen LogP contribution in [-0.4, -0.2) is 25.1 Å². The summed E-state index contributed by atoms with van der Waals surface area (Å²) in [6.45, 7) is 5.02. The van der Waals surface area contributed by atoms with E-state index in [1.807, 2.05) is 7.05 Å². The lowest BCUT2D eigenvalue weighted by Gasteiger charge is -2.09. The maximum atomic E-state index is 4.04. The first-order chi connectivity index (χ1) is 5.33. The Morgan fingerprint density at radius 1 is 1.73 bits per heavy atom. The molecule has 1 aliphatic heterocycles. The van der Waals surface area contributed by atoms with Crippen molar-refractivity contribution >= 4 is 11.8 Å². The van der Waals surface area contributed by atoms with Crippen molar-refractivity contribution < 1.29 is 0 Å². The zero-order chi connectivity index (χ0) is 8.10. The van der Waals surface area contributed by atoms with Gasteiger partial charge in [-0.25, -0.2) is 0 Å². The Morgan fingerprint density at radius 3 is 3.09 bits per heavy atom. The minimum atomic E-state index is 0.917. The molecule has 1 heterocycles. The fourth-order valence-electron chi connectivity index (χ4n) is 1.47. The first-order valence-corrected chi connectivity index (χ1v) is 5.37. The Hall–Kier alpha value is 0.0500. The van der Waals surface area contributed by atoms with E-state index in [-0.39, 0.29) is 0 Å². The summed E-state index contributed by atoms with van der Waals surface area (Å²) in [6, 6.07) is 0. The molecule has 1 atom stereocenters. The van der Waals surface area contributed by atoms with Gasteiger partial charge >= 0.3 is 0 Å². The minimum absolute atomic E-state index is 0.917. The molecular weight excluding hydrogens is 154 g/mol. The summed E-state index contributed by atoms with van der Waals surface area (Å²) < 4.78 is 0. The molecule has 0 aliphatic carbocycles. The van der Waals surface area contributed by atoms with Crippen molar-refractivity contribution in [2.24, 2.45) is 5.92 Å². The highest BCUT2D eigenvalue weighted by atomic mass is 32.2. The van der Waals surface area contributed by atoms with Crippen LogP contribution in [0.3, 0.4) is 0 Å². The van der Waals surface area contributed by atoms with Crippen LogP contribution in [-0.2, 0) is 0 Å². The highest BCUT2D eigenvalue weighted by Crippen LogP contribution is 2.27. The molecule has 0 aromatic carbocycles. The van der Waals surface area contributed by atoms with Crippen molar-refractivity contribution in [1.82, 2.24) is 5.32 Å². The quantitative estimate of drug-likeness (QED) is 0.648. The molecule has 0 aromatic rings. The molecular formula is C9H17NS. The van der Waals surface area contributed by atoms with Crippen molar-refractivity contribution in [2.75, 3.05) is 25.1 Å². The van der Waals surface area contributed by atoms with E-state index in [1.165, 1.54) is 29.9 Å². The van der Waals surface area contributed by atoms with E-state index in [0.29, 0.717) is 0 Å². The normalized spacial score (nSPS) is 23.9. The molecule has 1 N–H and O–H groups in total. The molecule has 1 saturated heterocycles. The van der Waals surface area contributed by atoms with Gasteiger partial charge in [0.15, 0.2) is 0 Å². The number of thioether (sulfide) groups is 1. The third-order valence-electron chi connectivity index (χ3n) is 2.03. The Balaban J connectivity index is 2.13. The van der Waals surface area contributed by atoms with Gasteiger partial charge in [-0.15, -0.1) is 0 Å². The van der Waals surface area contributed by atoms with Crippen molar-refractivity contribution in [3.05, 3.63) is 12.2 Å². The average molecular weight is 171 g/mol. The molecule has 0 aromatic heterocycles. The first kappa shape index (κ1) is 9.14. The predicted molar refractivity (Wildman–Crippen MR) is 53.1 cm³/mol. The van der Waals surface area contributed by atoms with Crippen molar-refractivity contribution in [1.29, 1.82) is 0 Å². The fraction of sp³-hybridized carbons (Fsp3) is 0.778. The van der Waals surface area contributed by atoms with E-state index < -0.39 is 0 Å². The van der Waals surface area contributed by atoms with Crippen molar-refractivity contribution in [3.63, 3.8) is 0 Å². The zero-order valence-corrected chi connectivity index (χ0v) is 8.04. The van der Waals surface area contributed by atoms with Crippen LogP contribution in [0, 0.1) is 5.92 Å². The van der Waals surface area contributed by atoms with Gasteiger partial charge in [0.2, 0.25) is 0 Å². The fourth-order valence-corrected chi connectivity index (χ4v) is 2.76. The lowest BCUT2D eigenvalue weighted by Crippen LogP contribution is -2.12. The summed E-state index contributed by atoms with van der Waals surface area (Å²) in [5, 5.41) is 3.14. The van der Waals surface area contributed by atoms with Gasteiger partial charge in [-0.1, -0.05) is 12.2 Å². The Kier molecular flexibility index (Phi) is 4.02. The monoisotopic (exact) mass is 171 g/mol. The van der Waals surface area contributed by atoms with Gasteiger partial charge in [-0.3, -0.25) is 0 Å². The second-order valence-electron chi connectivity index (χ2n) is 3.21. The SMILES string of the molecule is C=C(CNC)CC1CCSC1. The van der Waals surface area contributed by atoms with Crippen LogP contribution in [0.25, 0.3) is 0 Å². The molecule has 11 heavy (non-hydrogen) atoms. The number of hydrogen-bond donors (Lipinski definition) is 1. The Morgan fingerprint density at radius 2 is 2.55 bits per heavy atom. The Bertz CT molecular complexity index is 128. The first-order valence-electron chi connectivity index (χ1n) is 4.22. The summed E-state index contributed by atoms with van der Waals surface area (Å²) in [5.41, 5.74) is 1.36. The molecule has 1 aliphatic rings. The third-order valence-corrected chi connectivity index (χ3v) is 3.26. The molecule has 64 valence electrons. The van der Waals surface area contributed by atoms with Crippen LogP contribution in [0.2, 0.25) is 0 Å². The number of rotatable bonds is 4. The molecule has 1 fully saturated rings. The molecule has 1 unspecified atom stereocenters. The topological polar surface area (TPSA) is 12.0 Å². The van der Waals surface area contributed by atoms with Crippen LogP contribution in [0.15, 0.2) is 12.2 Å². The zero-order valence-electron chi connectivity index (χ0n) is 7.23. The number of nitrogens with one attached hydrogen (secondary N) is 1. The molecule has 0 amide bonds. The van der Waals surface area contributed by atoms with Crippen LogP contribution in [0.1, 0.15) is 12.8 Å². The van der Waals surface area contributed by atoms with E-state index in [9.17, 15) is 0 Å². The van der Waals surface area contributed by atoms with E-state index in [0.717, 1.165) is 12.5 Å². The van der Waals surface area contributed by atoms with Crippen LogP contribution in [0.5, 0.6) is 0 Å².